The second-order valence-corrected chi connectivity index (χ2v) is 7.16. The summed E-state index contributed by atoms with van der Waals surface area (Å²) in [4.78, 5) is 19.2. The number of hydrogen-bond donors (Lipinski definition) is 1. The number of halogens is 1. The van der Waals surface area contributed by atoms with E-state index in [1.165, 1.54) is 5.56 Å². The molecule has 5 heteroatoms. The molecule has 0 aliphatic heterocycles. The van der Waals surface area contributed by atoms with Crippen molar-refractivity contribution >= 4 is 23.2 Å². The fraction of sp³-hybridized carbons (Fsp3) is 0.182. The first-order valence-corrected chi connectivity index (χ1v) is 9.08. The first-order valence-electron chi connectivity index (χ1n) is 8.70. The molecule has 3 rings (SSSR count). The highest BCUT2D eigenvalue weighted by Crippen LogP contribution is 2.29. The highest BCUT2D eigenvalue weighted by Gasteiger charge is 2.12. The molecule has 0 fully saturated rings. The standard InChI is InChI=1S/C22H22ClN3O/c1-15-12-16(14-26(2)3)7-9-18(15)22(27)25-17-8-10-20(23)19(13-17)21-6-4-5-11-24-21/h4-13H,14H2,1-3H3,(H,25,27). The zero-order valence-electron chi connectivity index (χ0n) is 15.7. The minimum atomic E-state index is -0.141. The van der Waals surface area contributed by atoms with Gasteiger partial charge in [-0.1, -0.05) is 29.8 Å². The van der Waals surface area contributed by atoms with E-state index in [4.69, 9.17) is 11.6 Å². The van der Waals surface area contributed by atoms with Crippen molar-refractivity contribution < 1.29 is 4.79 Å². The quantitative estimate of drug-likeness (QED) is 0.676. The Hall–Kier alpha value is -2.69. The normalized spacial score (nSPS) is 10.9. The van der Waals surface area contributed by atoms with Gasteiger partial charge in [0.05, 0.1) is 10.7 Å². The van der Waals surface area contributed by atoms with Crippen LogP contribution in [0.15, 0.2) is 60.8 Å². The van der Waals surface area contributed by atoms with Crippen molar-refractivity contribution in [1.29, 1.82) is 0 Å². The van der Waals surface area contributed by atoms with Crippen LogP contribution in [-0.2, 0) is 6.54 Å². The molecule has 0 aliphatic rings. The third-order valence-corrected chi connectivity index (χ3v) is 4.53. The molecule has 0 radical (unpaired) electrons. The number of aromatic nitrogens is 1. The van der Waals surface area contributed by atoms with Crippen LogP contribution in [0.1, 0.15) is 21.5 Å². The van der Waals surface area contributed by atoms with Gasteiger partial charge in [-0.3, -0.25) is 9.78 Å². The van der Waals surface area contributed by atoms with E-state index in [2.05, 4.69) is 21.3 Å². The van der Waals surface area contributed by atoms with Crippen LogP contribution in [-0.4, -0.2) is 29.9 Å². The molecule has 0 saturated heterocycles. The average Bonchev–Trinajstić information content (AvgIpc) is 2.63. The lowest BCUT2D eigenvalue weighted by molar-refractivity contribution is 0.102. The highest BCUT2D eigenvalue weighted by atomic mass is 35.5. The van der Waals surface area contributed by atoms with Gasteiger partial charge in [0.15, 0.2) is 0 Å². The maximum atomic E-state index is 12.7. The van der Waals surface area contributed by atoms with Crippen molar-refractivity contribution in [3.05, 3.63) is 82.5 Å². The second kappa shape index (κ2) is 8.33. The fourth-order valence-corrected chi connectivity index (χ4v) is 3.18. The SMILES string of the molecule is Cc1cc(CN(C)C)ccc1C(=O)Nc1ccc(Cl)c(-c2ccccn2)c1. The molecule has 0 spiro atoms. The van der Waals surface area contributed by atoms with Crippen LogP contribution >= 0.6 is 11.6 Å². The Morgan fingerprint density at radius 3 is 2.59 bits per heavy atom. The van der Waals surface area contributed by atoms with Crippen LogP contribution in [0.5, 0.6) is 0 Å². The van der Waals surface area contributed by atoms with Crippen LogP contribution in [0.25, 0.3) is 11.3 Å². The number of nitrogens with one attached hydrogen (secondary N) is 1. The Kier molecular flexibility index (Phi) is 5.89. The van der Waals surface area contributed by atoms with Crippen LogP contribution < -0.4 is 5.32 Å². The molecule has 27 heavy (non-hydrogen) atoms. The number of hydrogen-bond acceptors (Lipinski definition) is 3. The predicted molar refractivity (Wildman–Crippen MR) is 111 cm³/mol. The molecule has 1 N–H and O–H groups in total. The zero-order valence-corrected chi connectivity index (χ0v) is 16.4. The van der Waals surface area contributed by atoms with Gasteiger partial charge in [0, 0.05) is 29.6 Å². The molecule has 1 aromatic heterocycles. The van der Waals surface area contributed by atoms with E-state index in [1.807, 2.05) is 57.4 Å². The van der Waals surface area contributed by atoms with Crippen molar-refractivity contribution in [2.75, 3.05) is 19.4 Å². The lowest BCUT2D eigenvalue weighted by Gasteiger charge is -2.13. The van der Waals surface area contributed by atoms with E-state index in [0.29, 0.717) is 16.3 Å². The summed E-state index contributed by atoms with van der Waals surface area (Å²) in [6.45, 7) is 2.79. The Bertz CT molecular complexity index is 955. The minimum Gasteiger partial charge on any atom is -0.322 e. The molecule has 4 nitrogen and oxygen atoms in total. The molecular weight excluding hydrogens is 358 g/mol. The van der Waals surface area contributed by atoms with Gasteiger partial charge in [0.25, 0.3) is 5.91 Å². The summed E-state index contributed by atoms with van der Waals surface area (Å²) in [6, 6.07) is 17.0. The lowest BCUT2D eigenvalue weighted by Crippen LogP contribution is -2.15. The molecule has 1 amide bonds. The Morgan fingerprint density at radius 2 is 1.93 bits per heavy atom. The van der Waals surface area contributed by atoms with Crippen molar-refractivity contribution in [1.82, 2.24) is 9.88 Å². The van der Waals surface area contributed by atoms with E-state index in [0.717, 1.165) is 23.4 Å². The van der Waals surface area contributed by atoms with Crippen LogP contribution in [0, 0.1) is 6.92 Å². The fourth-order valence-electron chi connectivity index (χ4n) is 2.96. The minimum absolute atomic E-state index is 0.141. The zero-order chi connectivity index (χ0) is 19.4. The van der Waals surface area contributed by atoms with Crippen LogP contribution in [0.2, 0.25) is 5.02 Å². The molecule has 0 bridgehead atoms. The number of aryl methyl sites for hydroxylation is 1. The maximum Gasteiger partial charge on any atom is 0.255 e. The molecule has 0 aliphatic carbocycles. The van der Waals surface area contributed by atoms with Gasteiger partial charge < -0.3 is 10.2 Å². The summed E-state index contributed by atoms with van der Waals surface area (Å²) < 4.78 is 0. The second-order valence-electron chi connectivity index (χ2n) is 6.75. The van der Waals surface area contributed by atoms with Gasteiger partial charge in [-0.25, -0.2) is 0 Å². The summed E-state index contributed by atoms with van der Waals surface area (Å²) in [7, 11) is 4.05. The van der Waals surface area contributed by atoms with Crippen LogP contribution in [0.4, 0.5) is 5.69 Å². The number of carbonyl (C=O) groups is 1. The monoisotopic (exact) mass is 379 g/mol. The van der Waals surface area contributed by atoms with Gasteiger partial charge in [-0.15, -0.1) is 0 Å². The van der Waals surface area contributed by atoms with Crippen LogP contribution in [0.3, 0.4) is 0 Å². The summed E-state index contributed by atoms with van der Waals surface area (Å²) in [5.74, 6) is -0.141. The molecular formula is C22H22ClN3O. The Morgan fingerprint density at radius 1 is 1.11 bits per heavy atom. The number of amides is 1. The summed E-state index contributed by atoms with van der Waals surface area (Å²) in [6.07, 6.45) is 1.72. The first-order chi connectivity index (χ1) is 12.9. The van der Waals surface area contributed by atoms with Crippen molar-refractivity contribution in [2.24, 2.45) is 0 Å². The highest BCUT2D eigenvalue weighted by molar-refractivity contribution is 6.33. The van der Waals surface area contributed by atoms with E-state index in [1.54, 1.807) is 18.3 Å². The van der Waals surface area contributed by atoms with Gasteiger partial charge in [0.2, 0.25) is 0 Å². The molecule has 2 aromatic carbocycles. The van der Waals surface area contributed by atoms with E-state index >= 15 is 0 Å². The number of rotatable bonds is 5. The van der Waals surface area contributed by atoms with Gasteiger partial charge >= 0.3 is 0 Å². The largest absolute Gasteiger partial charge is 0.322 e. The van der Waals surface area contributed by atoms with E-state index in [-0.39, 0.29) is 5.91 Å². The number of nitrogens with zero attached hydrogens (tertiary/aromatic N) is 2. The lowest BCUT2D eigenvalue weighted by atomic mass is 10.0. The summed E-state index contributed by atoms with van der Waals surface area (Å²) in [5, 5.41) is 3.55. The number of pyridine rings is 1. The molecule has 138 valence electrons. The maximum absolute atomic E-state index is 12.7. The van der Waals surface area contributed by atoms with Gasteiger partial charge in [-0.05, 0) is 68.5 Å². The Labute approximate surface area is 164 Å². The molecule has 1 heterocycles. The van der Waals surface area contributed by atoms with Gasteiger partial charge in [0.1, 0.15) is 0 Å². The summed E-state index contributed by atoms with van der Waals surface area (Å²) >= 11 is 6.31. The van der Waals surface area contributed by atoms with E-state index < -0.39 is 0 Å². The van der Waals surface area contributed by atoms with E-state index in [9.17, 15) is 4.79 Å². The predicted octanol–water partition coefficient (Wildman–Crippen LogP) is 5.02. The third kappa shape index (κ3) is 4.73. The number of carbonyl (C=O) groups excluding carboxylic acids is 1. The number of benzene rings is 2. The Balaban J connectivity index is 1.82. The van der Waals surface area contributed by atoms with Crippen molar-refractivity contribution in [3.63, 3.8) is 0 Å². The number of anilines is 1. The molecule has 0 saturated carbocycles. The molecule has 0 atom stereocenters. The van der Waals surface area contributed by atoms with Crippen molar-refractivity contribution in [3.8, 4) is 11.3 Å². The topological polar surface area (TPSA) is 45.2 Å². The average molecular weight is 380 g/mol. The van der Waals surface area contributed by atoms with Crippen molar-refractivity contribution in [2.45, 2.75) is 13.5 Å². The van der Waals surface area contributed by atoms with Gasteiger partial charge in [-0.2, -0.15) is 0 Å². The molecule has 0 unspecified atom stereocenters. The third-order valence-electron chi connectivity index (χ3n) is 4.20. The molecule has 3 aromatic rings. The smallest absolute Gasteiger partial charge is 0.255 e. The summed E-state index contributed by atoms with van der Waals surface area (Å²) in [5.41, 5.74) is 5.02. The first kappa shape index (κ1) is 19.1.